The lowest BCUT2D eigenvalue weighted by Gasteiger charge is -2.11. The molecule has 0 saturated heterocycles. The van der Waals surface area contributed by atoms with E-state index in [-0.39, 0.29) is 11.9 Å². The number of methoxy groups -OCH3 is 3. The maximum Gasteiger partial charge on any atom is 0.336 e. The first-order valence-corrected chi connectivity index (χ1v) is 10.2. The van der Waals surface area contributed by atoms with Gasteiger partial charge in [-0.1, -0.05) is 29.8 Å². The Labute approximate surface area is 191 Å². The monoisotopic (exact) mass is 444 g/mol. The molecule has 3 aromatic carbocycles. The van der Waals surface area contributed by atoms with Crippen molar-refractivity contribution in [3.8, 4) is 34.6 Å². The second-order valence-corrected chi connectivity index (χ2v) is 7.27. The van der Waals surface area contributed by atoms with E-state index in [0.29, 0.717) is 28.6 Å². The van der Waals surface area contributed by atoms with E-state index in [1.807, 2.05) is 43.3 Å². The standard InChI is InChI=1S/C25H24N4O4/c1-16-5-7-17(8-6-16)23-27-25(33-4)28-29(23)19-11-9-18(10-12-19)26-24(30)21-14-13-20(31-2)15-22(21)32-3/h5-15H,1-4H3,(H,26,30). The number of carbonyl (C=O) groups is 1. The van der Waals surface area contributed by atoms with Gasteiger partial charge < -0.3 is 19.5 Å². The Kier molecular flexibility index (Phi) is 6.26. The van der Waals surface area contributed by atoms with Crippen LogP contribution < -0.4 is 19.5 Å². The Hall–Kier alpha value is -4.33. The molecule has 0 bridgehead atoms. The van der Waals surface area contributed by atoms with Crippen molar-refractivity contribution < 1.29 is 19.0 Å². The molecule has 33 heavy (non-hydrogen) atoms. The van der Waals surface area contributed by atoms with Crippen molar-refractivity contribution in [1.29, 1.82) is 0 Å². The number of rotatable bonds is 7. The smallest absolute Gasteiger partial charge is 0.336 e. The van der Waals surface area contributed by atoms with Crippen LogP contribution in [-0.4, -0.2) is 42.0 Å². The van der Waals surface area contributed by atoms with E-state index in [1.165, 1.54) is 14.2 Å². The van der Waals surface area contributed by atoms with Gasteiger partial charge in [-0.05, 0) is 43.3 Å². The first kappa shape index (κ1) is 21.9. The quantitative estimate of drug-likeness (QED) is 0.451. The third kappa shape index (κ3) is 4.64. The van der Waals surface area contributed by atoms with Crippen LogP contribution in [-0.2, 0) is 0 Å². The zero-order valence-corrected chi connectivity index (χ0v) is 18.8. The van der Waals surface area contributed by atoms with Crippen LogP contribution in [0.15, 0.2) is 66.7 Å². The highest BCUT2D eigenvalue weighted by Gasteiger charge is 2.16. The number of ether oxygens (including phenoxy) is 3. The lowest BCUT2D eigenvalue weighted by molar-refractivity contribution is 0.102. The van der Waals surface area contributed by atoms with Crippen molar-refractivity contribution >= 4 is 11.6 Å². The van der Waals surface area contributed by atoms with Crippen molar-refractivity contribution in [1.82, 2.24) is 14.8 Å². The van der Waals surface area contributed by atoms with Crippen molar-refractivity contribution in [2.24, 2.45) is 0 Å². The maximum atomic E-state index is 12.8. The summed E-state index contributed by atoms with van der Waals surface area (Å²) in [5, 5.41) is 7.33. The molecule has 1 aromatic heterocycles. The molecule has 4 aromatic rings. The molecule has 0 aliphatic carbocycles. The largest absolute Gasteiger partial charge is 0.497 e. The summed E-state index contributed by atoms with van der Waals surface area (Å²) >= 11 is 0. The van der Waals surface area contributed by atoms with Crippen LogP contribution in [0, 0.1) is 6.92 Å². The number of nitrogens with zero attached hydrogens (tertiary/aromatic N) is 3. The molecule has 0 fully saturated rings. The first-order chi connectivity index (χ1) is 16.0. The molecule has 0 radical (unpaired) electrons. The molecule has 0 atom stereocenters. The van der Waals surface area contributed by atoms with Gasteiger partial charge in [0, 0.05) is 17.3 Å². The fourth-order valence-electron chi connectivity index (χ4n) is 3.32. The van der Waals surface area contributed by atoms with Crippen molar-refractivity contribution in [3.63, 3.8) is 0 Å². The fraction of sp³-hybridized carbons (Fsp3) is 0.160. The number of nitrogens with one attached hydrogen (secondary N) is 1. The molecular weight excluding hydrogens is 420 g/mol. The molecular formula is C25H24N4O4. The minimum absolute atomic E-state index is 0.273. The summed E-state index contributed by atoms with van der Waals surface area (Å²) < 4.78 is 17.5. The van der Waals surface area contributed by atoms with Crippen molar-refractivity contribution in [2.75, 3.05) is 26.6 Å². The number of anilines is 1. The number of benzene rings is 3. The maximum absolute atomic E-state index is 12.8. The Morgan fingerprint density at radius 1 is 0.879 bits per heavy atom. The van der Waals surface area contributed by atoms with E-state index in [2.05, 4.69) is 15.4 Å². The molecule has 8 heteroatoms. The Bertz CT molecular complexity index is 1260. The first-order valence-electron chi connectivity index (χ1n) is 10.2. The van der Waals surface area contributed by atoms with Gasteiger partial charge in [-0.2, -0.15) is 4.98 Å². The predicted molar refractivity (Wildman–Crippen MR) is 126 cm³/mol. The van der Waals surface area contributed by atoms with Gasteiger partial charge in [-0.15, -0.1) is 5.10 Å². The van der Waals surface area contributed by atoms with Gasteiger partial charge in [0.1, 0.15) is 11.5 Å². The summed E-state index contributed by atoms with van der Waals surface area (Å²) in [4.78, 5) is 17.3. The lowest BCUT2D eigenvalue weighted by Crippen LogP contribution is -2.13. The number of carbonyl (C=O) groups excluding carboxylic acids is 1. The van der Waals surface area contributed by atoms with Crippen molar-refractivity contribution in [3.05, 3.63) is 77.9 Å². The molecule has 0 aliphatic rings. The molecule has 168 valence electrons. The van der Waals surface area contributed by atoms with Crippen LogP contribution in [0.2, 0.25) is 0 Å². The van der Waals surface area contributed by atoms with E-state index in [0.717, 1.165) is 16.8 Å². The minimum atomic E-state index is -0.287. The lowest BCUT2D eigenvalue weighted by atomic mass is 10.1. The summed E-state index contributed by atoms with van der Waals surface area (Å²) in [5.74, 6) is 1.41. The summed E-state index contributed by atoms with van der Waals surface area (Å²) in [7, 11) is 4.61. The molecule has 0 saturated carbocycles. The molecule has 8 nitrogen and oxygen atoms in total. The molecule has 1 N–H and O–H groups in total. The average molecular weight is 444 g/mol. The fourth-order valence-corrected chi connectivity index (χ4v) is 3.32. The number of hydrogen-bond acceptors (Lipinski definition) is 6. The van der Waals surface area contributed by atoms with Gasteiger partial charge in [-0.3, -0.25) is 4.79 Å². The number of aromatic nitrogens is 3. The van der Waals surface area contributed by atoms with Gasteiger partial charge in [0.15, 0.2) is 5.82 Å². The second-order valence-electron chi connectivity index (χ2n) is 7.27. The Balaban J connectivity index is 1.59. The topological polar surface area (TPSA) is 87.5 Å². The van der Waals surface area contributed by atoms with Gasteiger partial charge >= 0.3 is 6.01 Å². The van der Waals surface area contributed by atoms with Crippen LogP contribution in [0.1, 0.15) is 15.9 Å². The molecule has 1 amide bonds. The summed E-state index contributed by atoms with van der Waals surface area (Å²) in [6, 6.07) is 20.7. The minimum Gasteiger partial charge on any atom is -0.497 e. The molecule has 1 heterocycles. The van der Waals surface area contributed by atoms with E-state index >= 15 is 0 Å². The Morgan fingerprint density at radius 3 is 2.24 bits per heavy atom. The van der Waals surface area contributed by atoms with Gasteiger partial charge in [0.25, 0.3) is 5.91 Å². The van der Waals surface area contributed by atoms with Crippen LogP contribution in [0.4, 0.5) is 5.69 Å². The molecule has 4 rings (SSSR count). The summed E-state index contributed by atoms with van der Waals surface area (Å²) in [6.45, 7) is 2.03. The average Bonchev–Trinajstić information content (AvgIpc) is 3.29. The third-order valence-electron chi connectivity index (χ3n) is 5.10. The van der Waals surface area contributed by atoms with E-state index in [1.54, 1.807) is 42.1 Å². The van der Waals surface area contributed by atoms with Crippen LogP contribution in [0.5, 0.6) is 17.5 Å². The highest BCUT2D eigenvalue weighted by atomic mass is 16.5. The SMILES string of the molecule is COc1ccc(C(=O)Nc2ccc(-n3nc(OC)nc3-c3ccc(C)cc3)cc2)c(OC)c1. The van der Waals surface area contributed by atoms with E-state index in [9.17, 15) is 4.79 Å². The summed E-state index contributed by atoms with van der Waals surface area (Å²) in [6.07, 6.45) is 0. The normalized spacial score (nSPS) is 10.5. The molecule has 0 spiro atoms. The van der Waals surface area contributed by atoms with Gasteiger partial charge in [0.2, 0.25) is 0 Å². The predicted octanol–water partition coefficient (Wildman–Crippen LogP) is 4.52. The zero-order valence-electron chi connectivity index (χ0n) is 18.8. The second kappa shape index (κ2) is 9.44. The molecule has 0 unspecified atom stereocenters. The van der Waals surface area contributed by atoms with Gasteiger partial charge in [0.05, 0.1) is 32.6 Å². The highest BCUT2D eigenvalue weighted by molar-refractivity contribution is 6.06. The zero-order chi connectivity index (χ0) is 23.4. The highest BCUT2D eigenvalue weighted by Crippen LogP contribution is 2.27. The van der Waals surface area contributed by atoms with Crippen LogP contribution >= 0.6 is 0 Å². The molecule has 0 aliphatic heterocycles. The third-order valence-corrected chi connectivity index (χ3v) is 5.10. The van der Waals surface area contributed by atoms with Gasteiger partial charge in [-0.25, -0.2) is 4.68 Å². The van der Waals surface area contributed by atoms with Crippen molar-refractivity contribution in [2.45, 2.75) is 6.92 Å². The summed E-state index contributed by atoms with van der Waals surface area (Å²) in [5.41, 5.74) is 3.89. The Morgan fingerprint density at radius 2 is 1.61 bits per heavy atom. The van der Waals surface area contributed by atoms with Crippen LogP contribution in [0.3, 0.4) is 0 Å². The number of hydrogen-bond donors (Lipinski definition) is 1. The van der Waals surface area contributed by atoms with E-state index < -0.39 is 0 Å². The number of amides is 1. The number of aryl methyl sites for hydroxylation is 1. The van der Waals surface area contributed by atoms with Crippen LogP contribution in [0.25, 0.3) is 17.1 Å². The van der Waals surface area contributed by atoms with E-state index in [4.69, 9.17) is 14.2 Å².